The predicted octanol–water partition coefficient (Wildman–Crippen LogP) is 5.42. The Hall–Kier alpha value is -1.99. The van der Waals surface area contributed by atoms with Crippen LogP contribution in [0, 0.1) is 0 Å². The Labute approximate surface area is 196 Å². The summed E-state index contributed by atoms with van der Waals surface area (Å²) >= 11 is 1.72. The summed E-state index contributed by atoms with van der Waals surface area (Å²) in [7, 11) is -1.78. The highest BCUT2D eigenvalue weighted by molar-refractivity contribution is 7.89. The topological polar surface area (TPSA) is 40.6 Å². The van der Waals surface area contributed by atoms with Crippen molar-refractivity contribution in [3.8, 4) is 0 Å². The molecular weight excluding hydrogens is 436 g/mol. The van der Waals surface area contributed by atoms with Gasteiger partial charge in [-0.3, -0.25) is 0 Å². The summed E-state index contributed by atoms with van der Waals surface area (Å²) in [6.07, 6.45) is 3.34. The minimum atomic E-state index is -3.48. The fourth-order valence-electron chi connectivity index (χ4n) is 4.58. The van der Waals surface area contributed by atoms with Crippen molar-refractivity contribution in [3.05, 3.63) is 88.6 Å². The van der Waals surface area contributed by atoms with Crippen LogP contribution < -0.4 is 0 Å². The van der Waals surface area contributed by atoms with Gasteiger partial charge in [-0.25, -0.2) is 12.7 Å². The molecule has 0 saturated carbocycles. The van der Waals surface area contributed by atoms with E-state index in [4.69, 9.17) is 0 Å². The lowest BCUT2D eigenvalue weighted by Gasteiger charge is -2.33. The SMILES string of the molecule is CN(C[C@@H](CCN1CCC(c2ccccc2)CC1)c1cccs1)S(=O)(=O)c1ccccc1. The van der Waals surface area contributed by atoms with Crippen molar-refractivity contribution in [1.82, 2.24) is 9.21 Å². The Bertz CT molecular complexity index is 1050. The molecule has 4 nitrogen and oxygen atoms in total. The molecule has 0 radical (unpaired) electrons. The van der Waals surface area contributed by atoms with E-state index in [2.05, 4.69) is 52.7 Å². The predicted molar refractivity (Wildman–Crippen MR) is 133 cm³/mol. The number of likely N-dealkylation sites (tertiary alicyclic amines) is 1. The van der Waals surface area contributed by atoms with Gasteiger partial charge in [-0.2, -0.15) is 0 Å². The molecule has 0 amide bonds. The van der Waals surface area contributed by atoms with Crippen LogP contribution in [0.1, 0.15) is 41.5 Å². The maximum absolute atomic E-state index is 13.0. The highest BCUT2D eigenvalue weighted by atomic mass is 32.2. The maximum atomic E-state index is 13.0. The number of hydrogen-bond acceptors (Lipinski definition) is 4. The van der Waals surface area contributed by atoms with E-state index in [1.807, 2.05) is 6.07 Å². The highest BCUT2D eigenvalue weighted by Gasteiger charge is 2.26. The quantitative estimate of drug-likeness (QED) is 0.421. The van der Waals surface area contributed by atoms with Crippen molar-refractivity contribution in [1.29, 1.82) is 0 Å². The average molecular weight is 469 g/mol. The Morgan fingerprint density at radius 1 is 0.969 bits per heavy atom. The Balaban J connectivity index is 1.36. The number of nitrogens with zero attached hydrogens (tertiary/aromatic N) is 2. The second-order valence-corrected chi connectivity index (χ2v) is 11.7. The van der Waals surface area contributed by atoms with Gasteiger partial charge < -0.3 is 4.90 Å². The zero-order valence-electron chi connectivity index (χ0n) is 18.6. The monoisotopic (exact) mass is 468 g/mol. The van der Waals surface area contributed by atoms with E-state index in [0.717, 1.165) is 26.1 Å². The first kappa shape index (κ1) is 23.2. The molecule has 1 atom stereocenters. The minimum Gasteiger partial charge on any atom is -0.303 e. The summed E-state index contributed by atoms with van der Waals surface area (Å²) in [4.78, 5) is 4.17. The third-order valence-corrected chi connectivity index (χ3v) is 9.40. The summed E-state index contributed by atoms with van der Waals surface area (Å²) in [5, 5.41) is 2.08. The van der Waals surface area contributed by atoms with E-state index in [0.29, 0.717) is 17.4 Å². The van der Waals surface area contributed by atoms with Gasteiger partial charge in [0.05, 0.1) is 4.90 Å². The first-order valence-corrected chi connectivity index (χ1v) is 13.7. The molecule has 0 aliphatic carbocycles. The normalized spacial score (nSPS) is 16.9. The van der Waals surface area contributed by atoms with Crippen LogP contribution in [0.5, 0.6) is 0 Å². The second kappa shape index (κ2) is 10.8. The molecule has 0 unspecified atom stereocenters. The zero-order valence-corrected chi connectivity index (χ0v) is 20.3. The van der Waals surface area contributed by atoms with Crippen LogP contribution in [0.2, 0.25) is 0 Å². The van der Waals surface area contributed by atoms with Crippen molar-refractivity contribution < 1.29 is 8.42 Å². The van der Waals surface area contributed by atoms with Gasteiger partial charge >= 0.3 is 0 Å². The van der Waals surface area contributed by atoms with Crippen LogP contribution in [0.15, 0.2) is 83.1 Å². The Morgan fingerprint density at radius 3 is 2.25 bits per heavy atom. The zero-order chi connectivity index (χ0) is 22.4. The first-order valence-electron chi connectivity index (χ1n) is 11.4. The molecular formula is C26H32N2O2S2. The number of thiophene rings is 1. The second-order valence-electron chi connectivity index (χ2n) is 8.63. The smallest absolute Gasteiger partial charge is 0.242 e. The van der Waals surface area contributed by atoms with Gasteiger partial charge in [0.15, 0.2) is 0 Å². The number of sulfonamides is 1. The average Bonchev–Trinajstić information content (AvgIpc) is 3.38. The highest BCUT2D eigenvalue weighted by Crippen LogP contribution is 2.30. The Morgan fingerprint density at radius 2 is 1.62 bits per heavy atom. The lowest BCUT2D eigenvalue weighted by Crippen LogP contribution is -2.36. The number of likely N-dealkylation sites (N-methyl/N-ethyl adjacent to an activating group) is 1. The summed E-state index contributed by atoms with van der Waals surface area (Å²) < 4.78 is 27.6. The molecule has 1 aliphatic heterocycles. The molecule has 1 saturated heterocycles. The number of hydrogen-bond donors (Lipinski definition) is 0. The number of piperidine rings is 1. The molecule has 2 aromatic carbocycles. The van der Waals surface area contributed by atoms with E-state index < -0.39 is 10.0 Å². The van der Waals surface area contributed by atoms with E-state index >= 15 is 0 Å². The molecule has 0 bridgehead atoms. The van der Waals surface area contributed by atoms with Crippen LogP contribution in [-0.2, 0) is 10.0 Å². The summed E-state index contributed by atoms with van der Waals surface area (Å²) in [6.45, 7) is 3.71. The van der Waals surface area contributed by atoms with Gasteiger partial charge in [-0.05, 0) is 74.0 Å². The van der Waals surface area contributed by atoms with Crippen LogP contribution in [0.4, 0.5) is 0 Å². The number of benzene rings is 2. The molecule has 1 aliphatic rings. The molecule has 1 fully saturated rings. The molecule has 1 aromatic heterocycles. The van der Waals surface area contributed by atoms with E-state index in [9.17, 15) is 8.42 Å². The van der Waals surface area contributed by atoms with Gasteiger partial charge in [0.25, 0.3) is 0 Å². The molecule has 0 N–H and O–H groups in total. The number of rotatable bonds is 9. The third kappa shape index (κ3) is 5.67. The maximum Gasteiger partial charge on any atom is 0.242 e. The first-order chi connectivity index (χ1) is 15.5. The van der Waals surface area contributed by atoms with Crippen molar-refractivity contribution in [2.75, 3.05) is 33.2 Å². The van der Waals surface area contributed by atoms with Crippen molar-refractivity contribution in [2.24, 2.45) is 0 Å². The fourth-order valence-corrected chi connectivity index (χ4v) is 6.67. The molecule has 0 spiro atoms. The van der Waals surface area contributed by atoms with Crippen molar-refractivity contribution in [3.63, 3.8) is 0 Å². The molecule has 4 rings (SSSR count). The van der Waals surface area contributed by atoms with Gasteiger partial charge in [-0.1, -0.05) is 54.6 Å². The van der Waals surface area contributed by atoms with Crippen molar-refractivity contribution >= 4 is 21.4 Å². The Kier molecular flexibility index (Phi) is 7.79. The molecule has 32 heavy (non-hydrogen) atoms. The van der Waals surface area contributed by atoms with Gasteiger partial charge in [-0.15, -0.1) is 11.3 Å². The third-order valence-electron chi connectivity index (χ3n) is 6.53. The lowest BCUT2D eigenvalue weighted by atomic mass is 9.89. The van der Waals surface area contributed by atoms with Crippen LogP contribution >= 0.6 is 11.3 Å². The van der Waals surface area contributed by atoms with Gasteiger partial charge in [0, 0.05) is 24.4 Å². The largest absolute Gasteiger partial charge is 0.303 e. The van der Waals surface area contributed by atoms with E-state index in [1.54, 1.807) is 42.6 Å². The molecule has 170 valence electrons. The standard InChI is InChI=1S/C26H32N2O2S2/c1-27(32(29,30)25-11-6-3-7-12-25)21-24(26-13-8-20-31-26)16-19-28-17-14-23(15-18-28)22-9-4-2-5-10-22/h2-13,20,23-24H,14-19,21H2,1H3/t24-/m1/s1. The molecule has 2 heterocycles. The summed E-state index contributed by atoms with van der Waals surface area (Å²) in [6, 6.07) is 23.8. The van der Waals surface area contributed by atoms with E-state index in [1.165, 1.54) is 27.6 Å². The summed E-state index contributed by atoms with van der Waals surface area (Å²) in [5.74, 6) is 0.855. The van der Waals surface area contributed by atoms with Crippen molar-refractivity contribution in [2.45, 2.75) is 36.0 Å². The summed E-state index contributed by atoms with van der Waals surface area (Å²) in [5.41, 5.74) is 1.45. The van der Waals surface area contributed by atoms with Gasteiger partial charge in [0.2, 0.25) is 10.0 Å². The van der Waals surface area contributed by atoms with Crippen LogP contribution in [0.25, 0.3) is 0 Å². The molecule has 6 heteroatoms. The fraction of sp³-hybridized carbons (Fsp3) is 0.385. The molecule has 3 aromatic rings. The van der Waals surface area contributed by atoms with Crippen LogP contribution in [-0.4, -0.2) is 50.8 Å². The lowest BCUT2D eigenvalue weighted by molar-refractivity contribution is 0.203. The van der Waals surface area contributed by atoms with E-state index in [-0.39, 0.29) is 5.92 Å². The van der Waals surface area contributed by atoms with Crippen LogP contribution in [0.3, 0.4) is 0 Å². The van der Waals surface area contributed by atoms with Gasteiger partial charge in [0.1, 0.15) is 0 Å². The minimum absolute atomic E-state index is 0.199.